The first-order valence-electron chi connectivity index (χ1n) is 13.0. The third kappa shape index (κ3) is 6.04. The van der Waals surface area contributed by atoms with E-state index in [1.54, 1.807) is 25.4 Å². The summed E-state index contributed by atoms with van der Waals surface area (Å²) in [6.45, 7) is 2.98. The van der Waals surface area contributed by atoms with Crippen LogP contribution < -0.4 is 24.6 Å². The van der Waals surface area contributed by atoms with Gasteiger partial charge in [-0.15, -0.1) is 0 Å². The van der Waals surface area contributed by atoms with Crippen LogP contribution in [0.5, 0.6) is 5.75 Å². The third-order valence-corrected chi connectivity index (χ3v) is 8.38. The van der Waals surface area contributed by atoms with Crippen LogP contribution in [-0.2, 0) is 0 Å². The number of pyridine rings is 2. The zero-order valence-corrected chi connectivity index (χ0v) is 22.0. The monoisotopic (exact) mass is 530 g/mol. The maximum atomic E-state index is 13.7. The van der Waals surface area contributed by atoms with Gasteiger partial charge in [-0.05, 0) is 68.0 Å². The molecule has 9 nitrogen and oxygen atoms in total. The van der Waals surface area contributed by atoms with E-state index in [0.29, 0.717) is 65.9 Å². The zero-order valence-electron chi connectivity index (χ0n) is 21.2. The van der Waals surface area contributed by atoms with Crippen LogP contribution in [0.2, 0.25) is 0 Å². The summed E-state index contributed by atoms with van der Waals surface area (Å²) in [6, 6.07) is 5.41. The summed E-state index contributed by atoms with van der Waals surface area (Å²) < 4.78 is 22.3. The van der Waals surface area contributed by atoms with Gasteiger partial charge in [0.2, 0.25) is 0 Å². The molecule has 3 fully saturated rings. The van der Waals surface area contributed by atoms with Crippen molar-refractivity contribution in [1.82, 2.24) is 9.97 Å². The Morgan fingerprint density at radius 1 is 1.16 bits per heavy atom. The van der Waals surface area contributed by atoms with Crippen LogP contribution in [0.25, 0.3) is 0 Å². The van der Waals surface area contributed by atoms with Crippen molar-refractivity contribution in [1.29, 1.82) is 0 Å². The Morgan fingerprint density at radius 3 is 2.59 bits per heavy atom. The van der Waals surface area contributed by atoms with E-state index in [1.807, 2.05) is 11.0 Å². The van der Waals surface area contributed by atoms with Crippen molar-refractivity contribution in [2.75, 3.05) is 65.5 Å². The number of nitrogens with one attached hydrogen (secondary N) is 2. The van der Waals surface area contributed by atoms with Gasteiger partial charge in [-0.25, -0.2) is 14.4 Å². The molecule has 0 radical (unpaired) electrons. The molecule has 1 aliphatic carbocycles. The molecule has 2 saturated heterocycles. The number of alkyl halides is 1. The average molecular weight is 531 g/mol. The normalized spacial score (nSPS) is 19.1. The fourth-order valence-electron chi connectivity index (χ4n) is 5.14. The number of hydrogen-bond acceptors (Lipinski definition) is 9. The molecule has 2 aromatic heterocycles. The minimum atomic E-state index is -0.792. The minimum Gasteiger partial charge on any atom is -0.493 e. The Labute approximate surface area is 221 Å². The summed E-state index contributed by atoms with van der Waals surface area (Å²) in [7, 11) is 1.58. The number of aromatic nitrogens is 2. The number of halogens is 1. The van der Waals surface area contributed by atoms with Crippen molar-refractivity contribution >= 4 is 41.0 Å². The topological polar surface area (TPSA) is 103 Å². The largest absolute Gasteiger partial charge is 0.493 e. The summed E-state index contributed by atoms with van der Waals surface area (Å²) in [6.07, 6.45) is 6.60. The molecule has 0 atom stereocenters. The number of piperidine rings is 2. The van der Waals surface area contributed by atoms with E-state index in [-0.39, 0.29) is 12.5 Å². The molecule has 4 heterocycles. The molecule has 0 unspecified atom stereocenters. The van der Waals surface area contributed by atoms with E-state index in [0.717, 1.165) is 31.6 Å². The quantitative estimate of drug-likeness (QED) is 0.326. The molecule has 3 N–H and O–H groups in total. The summed E-state index contributed by atoms with van der Waals surface area (Å²) in [5.41, 5.74) is 1.85. The number of amides is 1. The van der Waals surface area contributed by atoms with Gasteiger partial charge in [0.25, 0.3) is 5.91 Å². The molecule has 37 heavy (non-hydrogen) atoms. The molecule has 2 aliphatic heterocycles. The molecular formula is C26H35FN6O3S. The Hall–Kier alpha value is -2.79. The van der Waals surface area contributed by atoms with Gasteiger partial charge in [-0.3, -0.25) is 4.79 Å². The van der Waals surface area contributed by atoms with Gasteiger partial charge in [0, 0.05) is 44.2 Å². The Morgan fingerprint density at radius 2 is 1.92 bits per heavy atom. The molecular weight excluding hydrogens is 495 g/mol. The van der Waals surface area contributed by atoms with Crippen molar-refractivity contribution < 1.29 is 19.0 Å². The minimum absolute atomic E-state index is 0.0713. The highest BCUT2D eigenvalue weighted by atomic mass is 32.2. The van der Waals surface area contributed by atoms with Crippen molar-refractivity contribution in [3.05, 3.63) is 30.0 Å². The molecule has 1 spiro atoms. The van der Waals surface area contributed by atoms with Gasteiger partial charge in [-0.2, -0.15) is 0 Å². The molecule has 200 valence electrons. The number of aliphatic hydroxyl groups is 1. The molecule has 0 bridgehead atoms. The first kappa shape index (κ1) is 25.8. The number of aliphatic hydroxyl groups excluding tert-OH is 1. The predicted molar refractivity (Wildman–Crippen MR) is 146 cm³/mol. The number of anilines is 4. The highest BCUT2D eigenvalue weighted by molar-refractivity contribution is 8.00. The van der Waals surface area contributed by atoms with Crippen molar-refractivity contribution in [2.24, 2.45) is 5.41 Å². The van der Waals surface area contributed by atoms with Crippen LogP contribution >= 0.6 is 11.9 Å². The summed E-state index contributed by atoms with van der Waals surface area (Å²) in [4.78, 5) is 26.9. The summed E-state index contributed by atoms with van der Waals surface area (Å²) in [5, 5.41) is 12.0. The van der Waals surface area contributed by atoms with E-state index in [9.17, 15) is 9.18 Å². The number of methoxy groups -OCH3 is 1. The number of ether oxygens (including phenoxy) is 1. The zero-order chi connectivity index (χ0) is 25.8. The lowest BCUT2D eigenvalue weighted by molar-refractivity contribution is 0.102. The maximum Gasteiger partial charge on any atom is 0.260 e. The summed E-state index contributed by atoms with van der Waals surface area (Å²) >= 11 is 1.38. The predicted octanol–water partition coefficient (Wildman–Crippen LogP) is 4.11. The lowest BCUT2D eigenvalue weighted by atomic mass is 9.93. The van der Waals surface area contributed by atoms with Crippen molar-refractivity contribution in [3.8, 4) is 5.75 Å². The lowest BCUT2D eigenvalue weighted by Gasteiger charge is -2.35. The van der Waals surface area contributed by atoms with Gasteiger partial charge in [0.15, 0.2) is 11.6 Å². The van der Waals surface area contributed by atoms with Crippen molar-refractivity contribution in [2.45, 2.75) is 44.7 Å². The number of hydrogen-bond donors (Lipinski definition) is 3. The van der Waals surface area contributed by atoms with Crippen LogP contribution in [0.3, 0.4) is 0 Å². The average Bonchev–Trinajstić information content (AvgIpc) is 3.68. The second-order valence-electron chi connectivity index (χ2n) is 10.1. The number of carbonyl (C=O) groups excluding carboxylic acids is 1. The molecule has 0 aromatic carbocycles. The van der Waals surface area contributed by atoms with Crippen LogP contribution in [0, 0.1) is 5.41 Å². The van der Waals surface area contributed by atoms with E-state index in [1.165, 1.54) is 24.8 Å². The Kier molecular flexibility index (Phi) is 7.89. The molecule has 11 heteroatoms. The first-order valence-corrected chi connectivity index (χ1v) is 14.0. The number of rotatable bonds is 9. The van der Waals surface area contributed by atoms with Gasteiger partial charge in [0.05, 0.1) is 25.0 Å². The van der Waals surface area contributed by atoms with Gasteiger partial charge < -0.3 is 29.7 Å². The van der Waals surface area contributed by atoms with Gasteiger partial charge in [-0.1, -0.05) is 0 Å². The van der Waals surface area contributed by atoms with E-state index < -0.39 is 6.17 Å². The lowest BCUT2D eigenvalue weighted by Crippen LogP contribution is -2.36. The van der Waals surface area contributed by atoms with E-state index in [4.69, 9.17) is 9.84 Å². The van der Waals surface area contributed by atoms with Gasteiger partial charge >= 0.3 is 0 Å². The summed E-state index contributed by atoms with van der Waals surface area (Å²) in [5.74, 6) is 2.52. The number of nitrogens with zero attached hydrogens (tertiary/aromatic N) is 4. The number of carbonyl (C=O) groups is 1. The molecule has 1 amide bonds. The van der Waals surface area contributed by atoms with Crippen molar-refractivity contribution in [3.63, 3.8) is 0 Å². The Bertz CT molecular complexity index is 1100. The standard InChI is InChI=1S/C26H35FN6O3S/c1-36-21-2-3-22(29-24(21)33-10-4-18(27)5-11-33)30-25(35)19-17-28-23(31-37-15-14-34)16-20(19)32-12-8-26(6-7-26)9-13-32/h2-3,16-18,34H,4-15H2,1H3,(H,28,31)(H,29,30,35). The third-order valence-electron chi connectivity index (χ3n) is 7.64. The maximum absolute atomic E-state index is 13.7. The fraction of sp³-hybridized carbons (Fsp3) is 0.577. The van der Waals surface area contributed by atoms with E-state index >= 15 is 0 Å². The van der Waals surface area contributed by atoms with Crippen LogP contribution in [0.15, 0.2) is 24.4 Å². The molecule has 3 aliphatic rings. The fourth-order valence-corrected chi connectivity index (χ4v) is 5.59. The van der Waals surface area contributed by atoms with Crippen LogP contribution in [0.4, 0.5) is 27.5 Å². The van der Waals surface area contributed by atoms with Gasteiger partial charge in [0.1, 0.15) is 17.8 Å². The highest BCUT2D eigenvalue weighted by Gasteiger charge is 2.44. The van der Waals surface area contributed by atoms with Crippen LogP contribution in [-0.4, -0.2) is 72.8 Å². The van der Waals surface area contributed by atoms with Crippen LogP contribution in [0.1, 0.15) is 48.9 Å². The second kappa shape index (κ2) is 11.3. The molecule has 5 rings (SSSR count). The molecule has 2 aromatic rings. The SMILES string of the molecule is COc1ccc(NC(=O)c2cnc(NSCCO)cc2N2CCC3(CC2)CC3)nc1N1CCC(F)CC1. The first-order chi connectivity index (χ1) is 18.0. The van der Waals surface area contributed by atoms with E-state index in [2.05, 4.69) is 24.9 Å². The smallest absolute Gasteiger partial charge is 0.260 e. The second-order valence-corrected chi connectivity index (χ2v) is 11.0. The highest BCUT2D eigenvalue weighted by Crippen LogP contribution is 2.54. The molecule has 1 saturated carbocycles. The Balaban J connectivity index is 1.36.